The Morgan fingerprint density at radius 2 is 1.02 bits per heavy atom. The van der Waals surface area contributed by atoms with Gasteiger partial charge in [-0.25, -0.2) is 15.0 Å². The van der Waals surface area contributed by atoms with E-state index >= 15 is 0 Å². The van der Waals surface area contributed by atoms with E-state index in [1.807, 2.05) is 18.2 Å². The molecule has 1 aliphatic rings. The van der Waals surface area contributed by atoms with Crippen molar-refractivity contribution in [3.63, 3.8) is 0 Å². The Labute approximate surface area is 330 Å². The predicted octanol–water partition coefficient (Wildman–Crippen LogP) is 13.5. The third-order valence-corrected chi connectivity index (χ3v) is 11.4. The molecule has 0 bridgehead atoms. The number of para-hydroxylation sites is 2. The molecule has 1 aliphatic carbocycles. The molecule has 4 heteroatoms. The minimum atomic E-state index is 0.321. The van der Waals surface area contributed by atoms with Crippen molar-refractivity contribution < 1.29 is 0 Å². The van der Waals surface area contributed by atoms with Crippen LogP contribution in [-0.2, 0) is 0 Å². The molecule has 0 fully saturated rings. The van der Waals surface area contributed by atoms with Crippen LogP contribution in [0.5, 0.6) is 0 Å². The van der Waals surface area contributed by atoms with Crippen LogP contribution in [0, 0.1) is 0 Å². The van der Waals surface area contributed by atoms with Crippen molar-refractivity contribution in [2.24, 2.45) is 0 Å². The monoisotopic (exact) mass is 728 g/mol. The molecule has 0 radical (unpaired) electrons. The molecule has 0 spiro atoms. The molecule has 2 heterocycles. The van der Waals surface area contributed by atoms with E-state index in [-0.39, 0.29) is 0 Å². The topological polar surface area (TPSA) is 43.6 Å². The summed E-state index contributed by atoms with van der Waals surface area (Å²) in [5, 5.41) is 7.51. The van der Waals surface area contributed by atoms with Crippen LogP contribution in [0.3, 0.4) is 0 Å². The Hall–Kier alpha value is -7.43. The second-order valence-electron chi connectivity index (χ2n) is 14.7. The van der Waals surface area contributed by atoms with E-state index in [0.717, 1.165) is 34.4 Å². The zero-order chi connectivity index (χ0) is 37.7. The van der Waals surface area contributed by atoms with E-state index in [4.69, 9.17) is 15.0 Å². The van der Waals surface area contributed by atoms with Crippen LogP contribution in [0.1, 0.15) is 17.9 Å². The molecule has 57 heavy (non-hydrogen) atoms. The van der Waals surface area contributed by atoms with Gasteiger partial charge in [0.2, 0.25) is 0 Å². The smallest absolute Gasteiger partial charge is 0.164 e. The maximum absolute atomic E-state index is 5.12. The summed E-state index contributed by atoms with van der Waals surface area (Å²) in [6.45, 7) is 0. The zero-order valence-corrected chi connectivity index (χ0v) is 31.1. The second kappa shape index (κ2) is 13.7. The van der Waals surface area contributed by atoms with E-state index in [1.165, 1.54) is 54.5 Å². The Morgan fingerprint density at radius 3 is 1.74 bits per heavy atom. The van der Waals surface area contributed by atoms with Gasteiger partial charge in [-0.05, 0) is 81.1 Å². The lowest BCUT2D eigenvalue weighted by atomic mass is 9.91. The lowest BCUT2D eigenvalue weighted by Crippen LogP contribution is -2.02. The number of fused-ring (bicyclic) bond motifs is 6. The molecule has 11 rings (SSSR count). The van der Waals surface area contributed by atoms with Crippen molar-refractivity contribution in [3.8, 4) is 51.0 Å². The molecule has 0 amide bonds. The molecule has 8 aromatic carbocycles. The van der Waals surface area contributed by atoms with Crippen molar-refractivity contribution in [3.05, 3.63) is 206 Å². The average molecular weight is 729 g/mol. The average Bonchev–Trinajstić information content (AvgIpc) is 3.64. The van der Waals surface area contributed by atoms with E-state index in [9.17, 15) is 0 Å². The highest BCUT2D eigenvalue weighted by Gasteiger charge is 2.20. The third-order valence-electron chi connectivity index (χ3n) is 11.4. The molecular weight excluding hydrogens is 693 g/mol. The van der Waals surface area contributed by atoms with Gasteiger partial charge in [-0.2, -0.15) is 0 Å². The lowest BCUT2D eigenvalue weighted by Gasteiger charge is -2.18. The van der Waals surface area contributed by atoms with Gasteiger partial charge in [0.05, 0.1) is 11.0 Å². The first-order valence-corrected chi connectivity index (χ1v) is 19.6. The molecule has 2 aromatic heterocycles. The van der Waals surface area contributed by atoms with Gasteiger partial charge in [-0.1, -0.05) is 164 Å². The molecule has 0 saturated carbocycles. The van der Waals surface area contributed by atoms with Gasteiger partial charge in [0.1, 0.15) is 0 Å². The number of allylic oxidation sites excluding steroid dienone is 4. The van der Waals surface area contributed by atoms with Crippen LogP contribution in [0.15, 0.2) is 200 Å². The fourth-order valence-electron chi connectivity index (χ4n) is 8.63. The molecule has 0 aliphatic heterocycles. The van der Waals surface area contributed by atoms with Gasteiger partial charge in [0, 0.05) is 39.1 Å². The Morgan fingerprint density at radius 1 is 0.439 bits per heavy atom. The van der Waals surface area contributed by atoms with Crippen LogP contribution < -0.4 is 0 Å². The van der Waals surface area contributed by atoms with Crippen LogP contribution in [0.2, 0.25) is 0 Å². The van der Waals surface area contributed by atoms with Gasteiger partial charge in [0.15, 0.2) is 17.5 Å². The van der Waals surface area contributed by atoms with Gasteiger partial charge in [0.25, 0.3) is 0 Å². The summed E-state index contributed by atoms with van der Waals surface area (Å²) in [7, 11) is 0. The number of benzene rings is 8. The standard InChI is InChI=1S/C53H36N4/c1-3-14-35(15-4-1)43-23-13-24-47-46-22-11-12-25-49(46)57(50(43)47)41-32-30-39(31-33-41)53-55-51(37-16-5-2-6-17-37)54-52(56-53)38-28-26-36(27-29-38)48-34-40-18-7-8-19-42(40)44-20-9-10-21-45(44)48/h1-14,16-35H,15H2. The fraction of sp³-hybridized carbons (Fsp3) is 0.0377. The highest BCUT2D eigenvalue weighted by atomic mass is 15.0. The molecule has 1 atom stereocenters. The van der Waals surface area contributed by atoms with Gasteiger partial charge < -0.3 is 4.57 Å². The van der Waals surface area contributed by atoms with Gasteiger partial charge in [-0.15, -0.1) is 0 Å². The van der Waals surface area contributed by atoms with E-state index in [1.54, 1.807) is 0 Å². The minimum Gasteiger partial charge on any atom is -0.309 e. The van der Waals surface area contributed by atoms with Crippen molar-refractivity contribution in [2.45, 2.75) is 12.3 Å². The second-order valence-corrected chi connectivity index (χ2v) is 14.7. The van der Waals surface area contributed by atoms with Crippen molar-refractivity contribution in [2.75, 3.05) is 0 Å². The van der Waals surface area contributed by atoms with Crippen molar-refractivity contribution in [1.82, 2.24) is 19.5 Å². The molecule has 0 saturated heterocycles. The lowest BCUT2D eigenvalue weighted by molar-refractivity contribution is 0.856. The Balaban J connectivity index is 1.01. The maximum Gasteiger partial charge on any atom is 0.164 e. The summed E-state index contributed by atoms with van der Waals surface area (Å²) in [5.74, 6) is 2.24. The predicted molar refractivity (Wildman–Crippen MR) is 237 cm³/mol. The first-order chi connectivity index (χ1) is 28.3. The van der Waals surface area contributed by atoms with Crippen LogP contribution in [0.4, 0.5) is 0 Å². The number of aromatic nitrogens is 4. The van der Waals surface area contributed by atoms with Crippen molar-refractivity contribution in [1.29, 1.82) is 0 Å². The van der Waals surface area contributed by atoms with E-state index in [2.05, 4.69) is 187 Å². The van der Waals surface area contributed by atoms with E-state index in [0.29, 0.717) is 23.4 Å². The number of rotatable bonds is 6. The van der Waals surface area contributed by atoms with Gasteiger partial charge >= 0.3 is 0 Å². The quantitative estimate of drug-likeness (QED) is 0.160. The molecule has 1 unspecified atom stereocenters. The summed E-state index contributed by atoms with van der Waals surface area (Å²) in [6, 6.07) is 62.5. The maximum atomic E-state index is 5.12. The van der Waals surface area contributed by atoms with E-state index < -0.39 is 0 Å². The Kier molecular flexibility index (Phi) is 7.92. The summed E-state index contributed by atoms with van der Waals surface area (Å²) >= 11 is 0. The zero-order valence-electron chi connectivity index (χ0n) is 31.1. The summed E-state index contributed by atoms with van der Waals surface area (Å²) in [5.41, 5.74) is 10.1. The number of nitrogens with zero attached hydrogens (tertiary/aromatic N) is 4. The molecule has 4 nitrogen and oxygen atoms in total. The molecule has 268 valence electrons. The molecule has 10 aromatic rings. The van der Waals surface area contributed by atoms with Gasteiger partial charge in [-0.3, -0.25) is 0 Å². The largest absolute Gasteiger partial charge is 0.309 e. The highest BCUT2D eigenvalue weighted by Crippen LogP contribution is 2.40. The fourth-order valence-corrected chi connectivity index (χ4v) is 8.63. The summed E-state index contributed by atoms with van der Waals surface area (Å²) in [6.07, 6.45) is 9.89. The summed E-state index contributed by atoms with van der Waals surface area (Å²) < 4.78 is 2.42. The van der Waals surface area contributed by atoms with Crippen molar-refractivity contribution >= 4 is 43.4 Å². The third kappa shape index (κ3) is 5.73. The number of hydrogen-bond donors (Lipinski definition) is 0. The minimum absolute atomic E-state index is 0.321. The SMILES string of the molecule is C1=CCC(c2cccc3c4ccccc4n(-c4ccc(-c5nc(-c6ccccc6)nc(-c6ccc(-c7cc8ccccc8c8ccccc78)cc6)n5)cc4)c23)C=C1. The molecule has 0 N–H and O–H groups in total. The van der Waals surface area contributed by atoms with Crippen LogP contribution in [0.25, 0.3) is 94.3 Å². The Bertz CT molecular complexity index is 3190. The first-order valence-electron chi connectivity index (χ1n) is 19.6. The van der Waals surface area contributed by atoms with Crippen LogP contribution in [-0.4, -0.2) is 19.5 Å². The number of hydrogen-bond acceptors (Lipinski definition) is 3. The normalized spacial score (nSPS) is 13.9. The van der Waals surface area contributed by atoms with Crippen LogP contribution >= 0.6 is 0 Å². The molecular formula is C53H36N4. The summed E-state index contributed by atoms with van der Waals surface area (Å²) in [4.78, 5) is 15.2. The first kappa shape index (κ1) is 33.0. The highest BCUT2D eigenvalue weighted by molar-refractivity contribution is 6.14.